The number of aliphatic carboxylic acids is 1. The highest BCUT2D eigenvalue weighted by Gasteiger charge is 2.40. The van der Waals surface area contributed by atoms with Gasteiger partial charge in [0.25, 0.3) is 0 Å². The molecule has 0 aliphatic heterocycles. The Balaban J connectivity index is 1.73. The molecule has 11 heteroatoms. The molecule has 3 amide bonds. The zero-order valence-corrected chi connectivity index (χ0v) is 34.9. The first-order valence-corrected chi connectivity index (χ1v) is 20.5. The van der Waals surface area contributed by atoms with Crippen LogP contribution in [0.2, 0.25) is 0 Å². The summed E-state index contributed by atoms with van der Waals surface area (Å²) in [6.45, 7) is 16.0. The summed E-state index contributed by atoms with van der Waals surface area (Å²) >= 11 is 0. The second-order valence-electron chi connectivity index (χ2n) is 16.2. The van der Waals surface area contributed by atoms with E-state index in [2.05, 4.69) is 56.9 Å². The molecule has 11 nitrogen and oxygen atoms in total. The fourth-order valence-corrected chi connectivity index (χ4v) is 7.13. The Morgan fingerprint density at radius 1 is 0.714 bits per heavy atom. The van der Waals surface area contributed by atoms with Crippen LogP contribution in [0, 0.1) is 17.8 Å². The number of amides is 3. The normalized spacial score (nSPS) is 15.1. The molecule has 0 bridgehead atoms. The fraction of sp³-hybridized carbons (Fsp3) is 0.556. The number of nitrogens with two attached hydrogens (primary N) is 1. The number of benzene rings is 3. The maximum Gasteiger partial charge on any atom is 0.320 e. The van der Waals surface area contributed by atoms with Gasteiger partial charge >= 0.3 is 5.97 Å². The lowest BCUT2D eigenvalue weighted by Crippen LogP contribution is -2.65. The van der Waals surface area contributed by atoms with E-state index in [1.54, 1.807) is 0 Å². The summed E-state index contributed by atoms with van der Waals surface area (Å²) in [5, 5.41) is 27.9. The van der Waals surface area contributed by atoms with E-state index < -0.39 is 41.6 Å². The van der Waals surface area contributed by atoms with E-state index in [9.17, 15) is 24.3 Å². The van der Waals surface area contributed by atoms with Crippen LogP contribution >= 0.6 is 0 Å². The predicted octanol–water partition coefficient (Wildman–Crippen LogP) is 5.35. The highest BCUT2D eigenvalue weighted by Crippen LogP contribution is 2.20. The Bertz CT molecular complexity index is 1690. The van der Waals surface area contributed by atoms with Crippen LogP contribution in [-0.2, 0) is 32.0 Å². The highest BCUT2D eigenvalue weighted by atomic mass is 16.4. The molecule has 6 atom stereocenters. The van der Waals surface area contributed by atoms with Crippen molar-refractivity contribution in [3.05, 3.63) is 83.9 Å². The Labute approximate surface area is 334 Å². The van der Waals surface area contributed by atoms with E-state index in [-0.39, 0.29) is 42.2 Å². The number of hydrogen-bond donors (Lipinski definition) is 7. The van der Waals surface area contributed by atoms with Crippen LogP contribution in [-0.4, -0.2) is 77.6 Å². The number of carboxylic acid groups (broad SMARTS) is 1. The Hall–Kier alpha value is -4.32. The van der Waals surface area contributed by atoms with Gasteiger partial charge in [-0.2, -0.15) is 0 Å². The van der Waals surface area contributed by atoms with Crippen LogP contribution < -0.4 is 32.3 Å². The zero-order valence-electron chi connectivity index (χ0n) is 34.9. The minimum Gasteiger partial charge on any atom is -0.480 e. The van der Waals surface area contributed by atoms with E-state index in [0.717, 1.165) is 22.9 Å². The number of nitrogens with one attached hydrogen (secondary N) is 5. The lowest BCUT2D eigenvalue weighted by atomic mass is 9.89. The summed E-state index contributed by atoms with van der Waals surface area (Å²) in [5.41, 5.74) is 7.42. The summed E-state index contributed by atoms with van der Waals surface area (Å²) in [6.07, 6.45) is 2.90. The smallest absolute Gasteiger partial charge is 0.320 e. The number of carbonyl (C=O) groups is 4. The molecule has 3 aromatic carbocycles. The number of carbonyl (C=O) groups excluding carboxylic acids is 3. The van der Waals surface area contributed by atoms with Crippen molar-refractivity contribution in [3.8, 4) is 0 Å². The molecule has 0 heterocycles. The molecule has 56 heavy (non-hydrogen) atoms. The summed E-state index contributed by atoms with van der Waals surface area (Å²) < 4.78 is 0. The second-order valence-corrected chi connectivity index (χ2v) is 16.2. The molecule has 0 saturated carbocycles. The van der Waals surface area contributed by atoms with Gasteiger partial charge in [0.2, 0.25) is 17.7 Å². The van der Waals surface area contributed by atoms with Crippen molar-refractivity contribution in [2.24, 2.45) is 23.5 Å². The molecule has 308 valence electrons. The third kappa shape index (κ3) is 13.7. The van der Waals surface area contributed by atoms with Crippen molar-refractivity contribution in [1.82, 2.24) is 26.6 Å². The lowest BCUT2D eigenvalue weighted by molar-refractivity contribution is -0.140. The summed E-state index contributed by atoms with van der Waals surface area (Å²) in [5.74, 6) is -2.18. The van der Waals surface area contributed by atoms with Gasteiger partial charge in [0.1, 0.15) is 17.6 Å². The maximum atomic E-state index is 14.2. The van der Waals surface area contributed by atoms with Gasteiger partial charge in [-0.05, 0) is 71.8 Å². The molecule has 0 spiro atoms. The molecule has 0 radical (unpaired) electrons. The van der Waals surface area contributed by atoms with Gasteiger partial charge < -0.3 is 37.4 Å². The number of fused-ring (bicyclic) bond motifs is 1. The zero-order chi connectivity index (χ0) is 41.4. The molecule has 0 aromatic heterocycles. The molecule has 0 aliphatic rings. The van der Waals surface area contributed by atoms with Gasteiger partial charge in [-0.1, -0.05) is 135 Å². The standard InChI is InChI=1S/C45H68N6O5/c1-9-31(8)40(48-27-36(46)25-33-21-22-34-19-15-16-20-35(34)24-33)41(52)50-39(30(6)7)42(53)51-45(10-2,11-3)44(56)49-37(26-32-17-13-12-14-18-32)28-47-38(43(54)55)23-29(4)5/h12-22,24,29-31,36-40,47-48H,9-11,23,25-28,46H2,1-8H3,(H,49,56)(H,50,52)(H,51,53)(H,54,55)/t31-,36-,37-,38-,39-,40-/m0/s1. The van der Waals surface area contributed by atoms with Crippen LogP contribution in [0.15, 0.2) is 72.8 Å². The largest absolute Gasteiger partial charge is 0.480 e. The molecule has 0 saturated heterocycles. The molecular formula is C45H68N6O5. The van der Waals surface area contributed by atoms with Crippen LogP contribution in [0.1, 0.15) is 92.2 Å². The van der Waals surface area contributed by atoms with Crippen molar-refractivity contribution in [2.45, 2.75) is 130 Å². The first-order valence-electron chi connectivity index (χ1n) is 20.5. The van der Waals surface area contributed by atoms with E-state index in [0.29, 0.717) is 38.6 Å². The molecule has 8 N–H and O–H groups in total. The van der Waals surface area contributed by atoms with Crippen molar-refractivity contribution in [3.63, 3.8) is 0 Å². The van der Waals surface area contributed by atoms with Crippen LogP contribution in [0.3, 0.4) is 0 Å². The monoisotopic (exact) mass is 773 g/mol. The fourth-order valence-electron chi connectivity index (χ4n) is 7.13. The Morgan fingerprint density at radius 3 is 1.95 bits per heavy atom. The van der Waals surface area contributed by atoms with Gasteiger partial charge in [-0.3, -0.25) is 19.2 Å². The van der Waals surface area contributed by atoms with Crippen molar-refractivity contribution in [2.75, 3.05) is 13.1 Å². The molecule has 0 aliphatic carbocycles. The van der Waals surface area contributed by atoms with Crippen molar-refractivity contribution in [1.29, 1.82) is 0 Å². The number of hydrogen-bond acceptors (Lipinski definition) is 7. The predicted molar refractivity (Wildman–Crippen MR) is 226 cm³/mol. The van der Waals surface area contributed by atoms with Gasteiger partial charge in [0, 0.05) is 25.2 Å². The molecule has 3 aromatic rings. The summed E-state index contributed by atoms with van der Waals surface area (Å²) in [7, 11) is 0. The van der Waals surface area contributed by atoms with E-state index in [4.69, 9.17) is 5.73 Å². The minimum atomic E-state index is -1.27. The van der Waals surface area contributed by atoms with Gasteiger partial charge in [0.05, 0.1) is 6.04 Å². The Kier molecular flexibility index (Phi) is 18.4. The average Bonchev–Trinajstić information content (AvgIpc) is 3.17. The quantitative estimate of drug-likeness (QED) is 0.0639. The van der Waals surface area contributed by atoms with Crippen LogP contribution in [0.5, 0.6) is 0 Å². The first kappa shape index (κ1) is 46.1. The van der Waals surface area contributed by atoms with Gasteiger partial charge in [-0.25, -0.2) is 0 Å². The summed E-state index contributed by atoms with van der Waals surface area (Å²) in [4.78, 5) is 54.3. The second kappa shape index (κ2) is 22.4. The minimum absolute atomic E-state index is 0.0358. The van der Waals surface area contributed by atoms with Crippen LogP contribution in [0.4, 0.5) is 0 Å². The van der Waals surface area contributed by atoms with Crippen molar-refractivity contribution < 1.29 is 24.3 Å². The Morgan fingerprint density at radius 2 is 1.36 bits per heavy atom. The number of carboxylic acids is 1. The third-order valence-electron chi connectivity index (χ3n) is 10.9. The third-order valence-corrected chi connectivity index (χ3v) is 10.9. The van der Waals surface area contributed by atoms with Gasteiger partial charge in [-0.15, -0.1) is 0 Å². The molecule has 0 fully saturated rings. The topological polar surface area (TPSA) is 175 Å². The van der Waals surface area contributed by atoms with Crippen molar-refractivity contribution >= 4 is 34.5 Å². The van der Waals surface area contributed by atoms with E-state index >= 15 is 0 Å². The highest BCUT2D eigenvalue weighted by molar-refractivity contribution is 5.95. The SMILES string of the molecule is CC[C@H](C)[C@H](NC[C@@H](N)Cc1ccc2ccccc2c1)C(=O)N[C@H](C(=O)NC(CC)(CC)C(=O)N[C@H](CN[C@@H](CC(C)C)C(=O)O)Cc1ccccc1)C(C)C. The van der Waals surface area contributed by atoms with E-state index in [1.807, 2.05) is 97.9 Å². The first-order chi connectivity index (χ1) is 26.6. The number of rotatable bonds is 24. The summed E-state index contributed by atoms with van der Waals surface area (Å²) in [6, 6.07) is 21.3. The molecule has 0 unspecified atom stereocenters. The molecule has 3 rings (SSSR count). The van der Waals surface area contributed by atoms with E-state index in [1.165, 1.54) is 5.39 Å². The lowest BCUT2D eigenvalue weighted by Gasteiger charge is -2.36. The average molecular weight is 773 g/mol. The van der Waals surface area contributed by atoms with Crippen LogP contribution in [0.25, 0.3) is 10.8 Å². The maximum absolute atomic E-state index is 14.2. The van der Waals surface area contributed by atoms with Gasteiger partial charge in [0.15, 0.2) is 0 Å². The molecular weight excluding hydrogens is 705 g/mol.